The van der Waals surface area contributed by atoms with Crippen molar-refractivity contribution in [2.75, 3.05) is 0 Å². The van der Waals surface area contributed by atoms with Gasteiger partial charge in [0.25, 0.3) is 0 Å². The first-order chi connectivity index (χ1) is 55.5. The lowest BCUT2D eigenvalue weighted by molar-refractivity contribution is 1.08. The zero-order chi connectivity index (χ0) is 72.7. The topological polar surface area (TPSA) is 61.4 Å². The Morgan fingerprint density at radius 1 is 0.188 bits per heavy atom. The molecule has 0 aliphatic carbocycles. The van der Waals surface area contributed by atoms with Crippen LogP contribution >= 0.6 is 22.7 Å². The molecule has 0 radical (unpaired) electrons. The lowest BCUT2D eigenvalue weighted by Crippen LogP contribution is -2.04. The third-order valence-corrected chi connectivity index (χ3v) is 26.7. The quantitative estimate of drug-likeness (QED) is 0.161. The third kappa shape index (κ3) is 8.40. The van der Waals surface area contributed by atoms with Crippen molar-refractivity contribution in [2.24, 2.45) is 0 Å². The minimum atomic E-state index is 0.787. The van der Waals surface area contributed by atoms with Crippen LogP contribution in [0.4, 0.5) is 0 Å². The molecule has 20 aromatic carbocycles. The van der Waals surface area contributed by atoms with Crippen molar-refractivity contribution in [1.82, 2.24) is 29.1 Å². The Hall–Kier alpha value is -14.3. The molecule has 26 rings (SSSR count). The highest BCUT2D eigenvalue weighted by Gasteiger charge is 2.28. The van der Waals surface area contributed by atoms with E-state index in [0.29, 0.717) is 0 Å². The summed E-state index contributed by atoms with van der Waals surface area (Å²) in [4.78, 5) is 23.6. The van der Waals surface area contributed by atoms with Crippen molar-refractivity contribution in [3.63, 3.8) is 0 Å². The van der Waals surface area contributed by atoms with E-state index in [0.717, 1.165) is 111 Å². The first kappa shape index (κ1) is 60.7. The van der Waals surface area contributed by atoms with E-state index in [4.69, 9.17) is 19.9 Å². The molecule has 0 unspecified atom stereocenters. The van der Waals surface area contributed by atoms with Crippen LogP contribution in [0.1, 0.15) is 0 Å². The molecule has 0 aliphatic rings. The van der Waals surface area contributed by atoms with Gasteiger partial charge in [-0.15, -0.1) is 22.7 Å². The molecule has 6 aromatic heterocycles. The van der Waals surface area contributed by atoms with Crippen LogP contribution in [0, 0.1) is 0 Å². The van der Waals surface area contributed by atoms with Gasteiger partial charge in [-0.2, -0.15) is 0 Å². The fraction of sp³-hybridized carbons (Fsp3) is 0. The van der Waals surface area contributed by atoms with E-state index < -0.39 is 0 Å². The summed E-state index contributed by atoms with van der Waals surface area (Å²) in [5.74, 6) is 1.58. The Morgan fingerprint density at radius 2 is 0.527 bits per heavy atom. The summed E-state index contributed by atoms with van der Waals surface area (Å²) in [6, 6.07) is 126. The monoisotopic (exact) mass is 1450 g/mol. The highest BCUT2D eigenvalue weighted by atomic mass is 32.1. The molecule has 0 amide bonds. The normalized spacial score (nSPS) is 12.5. The second kappa shape index (κ2) is 22.7. The molecular weight excluding hydrogens is 1400 g/mol. The first-order valence-corrected chi connectivity index (χ1v) is 39.9. The molecular formula is C104H56N6S2. The molecule has 514 valence electrons. The Morgan fingerprint density at radius 3 is 1.10 bits per heavy atom. The molecule has 0 aliphatic heterocycles. The van der Waals surface area contributed by atoms with E-state index in [-0.39, 0.29) is 0 Å². The van der Waals surface area contributed by atoms with Crippen LogP contribution in [0.3, 0.4) is 0 Å². The lowest BCUT2D eigenvalue weighted by Gasteiger charge is -2.16. The number of fused-ring (bicyclic) bond motifs is 36. The Balaban J connectivity index is 0.696. The minimum absolute atomic E-state index is 0.787. The Kier molecular flexibility index (Phi) is 12.3. The fourth-order valence-electron chi connectivity index (χ4n) is 19.5. The van der Waals surface area contributed by atoms with Gasteiger partial charge >= 0.3 is 0 Å². The standard InChI is InChI=1S/C104H56N6S2/c1-4-20-65-57(17-1)37-47-85-95(65)97-87(49-43-77-71-25-8-7-23-69(71)70-24-11-12-30-76(70)93(77)97)109(85)103-100(64-40-52-92-82(56-64)75-29-14-16-32-90(75)112-92)107-101-68-41-33-60(53-62(68)36-46-84(101)106-103)61-34-42-79-80(54-61)73-27-10-9-26-72(73)78-44-50-88-98(94(78)79)96-66-21-5-2-18-58(66)38-48-86(96)110(88)104-99(105-83-45-35-59-19-3-6-22-67(59)102(83)108-104)63-39-51-91-81(55-63)74-28-13-15-31-89(74)111-91/h1-56H. The maximum Gasteiger partial charge on any atom is 0.165 e. The van der Waals surface area contributed by atoms with Crippen molar-refractivity contribution in [2.45, 2.75) is 0 Å². The maximum absolute atomic E-state index is 6.00. The zero-order valence-electron chi connectivity index (χ0n) is 59.8. The highest BCUT2D eigenvalue weighted by Crippen LogP contribution is 2.51. The number of nitrogens with zero attached hydrogens (tertiary/aromatic N) is 6. The van der Waals surface area contributed by atoms with Gasteiger partial charge in [0.05, 0.1) is 44.1 Å². The van der Waals surface area contributed by atoms with Crippen LogP contribution in [0.5, 0.6) is 0 Å². The molecule has 0 saturated heterocycles. The van der Waals surface area contributed by atoms with E-state index in [1.165, 1.54) is 148 Å². The molecule has 26 aromatic rings. The highest BCUT2D eigenvalue weighted by molar-refractivity contribution is 7.26. The van der Waals surface area contributed by atoms with Crippen LogP contribution in [0.25, 0.3) is 259 Å². The van der Waals surface area contributed by atoms with Gasteiger partial charge in [0, 0.05) is 94.6 Å². The summed E-state index contributed by atoms with van der Waals surface area (Å²) in [7, 11) is 0. The van der Waals surface area contributed by atoms with E-state index in [1.54, 1.807) is 0 Å². The minimum Gasteiger partial charge on any atom is -0.292 e. The fourth-order valence-corrected chi connectivity index (χ4v) is 21.6. The van der Waals surface area contributed by atoms with Crippen molar-refractivity contribution >= 4 is 236 Å². The number of hydrogen-bond acceptors (Lipinski definition) is 6. The van der Waals surface area contributed by atoms with E-state index in [1.807, 2.05) is 22.7 Å². The van der Waals surface area contributed by atoms with Gasteiger partial charge in [-0.3, -0.25) is 9.13 Å². The Labute approximate surface area is 645 Å². The van der Waals surface area contributed by atoms with Gasteiger partial charge < -0.3 is 0 Å². The summed E-state index contributed by atoms with van der Waals surface area (Å²) in [6.45, 7) is 0. The predicted octanol–water partition coefficient (Wildman–Crippen LogP) is 29.0. The number of rotatable bonds is 5. The van der Waals surface area contributed by atoms with Crippen molar-refractivity contribution in [3.05, 3.63) is 340 Å². The second-order valence-electron chi connectivity index (χ2n) is 30.1. The predicted molar refractivity (Wildman–Crippen MR) is 478 cm³/mol. The van der Waals surface area contributed by atoms with Gasteiger partial charge in [-0.1, -0.05) is 255 Å². The second-order valence-corrected chi connectivity index (χ2v) is 32.3. The van der Waals surface area contributed by atoms with Gasteiger partial charge in [0.2, 0.25) is 0 Å². The molecule has 0 spiro atoms. The van der Waals surface area contributed by atoms with Crippen LogP contribution in [0.2, 0.25) is 0 Å². The number of hydrogen-bond donors (Lipinski definition) is 0. The van der Waals surface area contributed by atoms with Gasteiger partial charge in [0.15, 0.2) is 11.6 Å². The smallest absolute Gasteiger partial charge is 0.165 e. The molecule has 0 fully saturated rings. The van der Waals surface area contributed by atoms with Gasteiger partial charge in [-0.05, 0) is 182 Å². The van der Waals surface area contributed by atoms with Crippen molar-refractivity contribution < 1.29 is 0 Å². The Bertz CT molecular complexity index is 8770. The average molecular weight is 1450 g/mol. The van der Waals surface area contributed by atoms with Crippen molar-refractivity contribution in [3.8, 4) is 45.3 Å². The number of thiophene rings is 2. The van der Waals surface area contributed by atoms with Gasteiger partial charge in [-0.25, -0.2) is 19.9 Å². The van der Waals surface area contributed by atoms with E-state index in [2.05, 4.69) is 349 Å². The van der Waals surface area contributed by atoms with Crippen LogP contribution in [0.15, 0.2) is 340 Å². The molecule has 6 heterocycles. The summed E-state index contributed by atoms with van der Waals surface area (Å²) in [6.07, 6.45) is 0. The maximum atomic E-state index is 6.00. The largest absolute Gasteiger partial charge is 0.292 e. The molecule has 0 atom stereocenters. The van der Waals surface area contributed by atoms with Gasteiger partial charge in [0.1, 0.15) is 11.4 Å². The number of aromatic nitrogens is 6. The van der Waals surface area contributed by atoms with E-state index >= 15 is 0 Å². The molecule has 6 nitrogen and oxygen atoms in total. The molecule has 0 saturated carbocycles. The van der Waals surface area contributed by atoms with Crippen LogP contribution in [-0.4, -0.2) is 29.1 Å². The zero-order valence-corrected chi connectivity index (χ0v) is 61.5. The molecule has 0 bridgehead atoms. The average Bonchev–Trinajstić information content (AvgIpc) is 1.52. The summed E-state index contributed by atoms with van der Waals surface area (Å²) in [5, 5.41) is 33.4. The third-order valence-electron chi connectivity index (χ3n) is 24.4. The lowest BCUT2D eigenvalue weighted by atomic mass is 9.89. The molecule has 0 N–H and O–H groups in total. The summed E-state index contributed by atoms with van der Waals surface area (Å²) < 4.78 is 9.87. The van der Waals surface area contributed by atoms with Crippen LogP contribution < -0.4 is 0 Å². The van der Waals surface area contributed by atoms with E-state index in [9.17, 15) is 0 Å². The first-order valence-electron chi connectivity index (χ1n) is 38.2. The SMILES string of the molecule is c1ccc2c(c1)ccc1nc(-c3ccc4sc5ccccc5c4c3)c(-n3c4ccc5ccccc5c4c4c5c(ccc43)c3ccccc3c3cc(-c4ccc6c(ccc7nc(-n8c9ccc%10ccccc%10c9c9c%10c%11ccccc%11c%11ccccc%11c%10ccc98)c(-c8ccc9sc%10ccccc%10c9c8)nc76)c4)ccc35)nc12. The molecule has 8 heteroatoms. The van der Waals surface area contributed by atoms with Crippen LogP contribution in [-0.2, 0) is 0 Å². The molecule has 112 heavy (non-hydrogen) atoms. The summed E-state index contributed by atoms with van der Waals surface area (Å²) in [5.41, 5.74) is 13.6. The number of benzene rings is 20. The summed E-state index contributed by atoms with van der Waals surface area (Å²) >= 11 is 3.67. The van der Waals surface area contributed by atoms with Crippen molar-refractivity contribution in [1.29, 1.82) is 0 Å².